The molecule has 0 radical (unpaired) electrons. The van der Waals surface area contributed by atoms with Crippen LogP contribution in [-0.2, 0) is 5.41 Å². The van der Waals surface area contributed by atoms with E-state index in [2.05, 4.69) is 16.6 Å². The molecule has 5 rings (SSSR count). The summed E-state index contributed by atoms with van der Waals surface area (Å²) in [5.41, 5.74) is 9.40. The topological polar surface area (TPSA) is 87.7 Å². The Balaban J connectivity index is 1.64. The number of primary amides is 1. The van der Waals surface area contributed by atoms with Gasteiger partial charge in [-0.3, -0.25) is 0 Å². The van der Waals surface area contributed by atoms with Gasteiger partial charge in [0, 0.05) is 5.56 Å². The summed E-state index contributed by atoms with van der Waals surface area (Å²) >= 11 is 0. The van der Waals surface area contributed by atoms with E-state index < -0.39 is 6.03 Å². The Morgan fingerprint density at radius 2 is 1.83 bits per heavy atom. The highest BCUT2D eigenvalue weighted by Gasteiger charge is 2.51. The van der Waals surface area contributed by atoms with Crippen LogP contribution in [0.2, 0.25) is 0 Å². The summed E-state index contributed by atoms with van der Waals surface area (Å²) in [6.45, 7) is 0. The number of amides is 2. The van der Waals surface area contributed by atoms with Crippen molar-refractivity contribution < 1.29 is 9.90 Å². The molecule has 0 spiro atoms. The minimum Gasteiger partial charge on any atom is -0.507 e. The second-order valence-electron chi connectivity index (χ2n) is 7.71. The number of benzene rings is 1. The number of phenolic OH excluding ortho intramolecular Hbond substituents is 1. The zero-order chi connectivity index (χ0) is 16.0. The molecule has 1 aromatic carbocycles. The number of hydrazone groups is 1. The first-order valence-corrected chi connectivity index (χ1v) is 8.46. The fraction of sp³-hybridized carbons (Fsp3) is 0.556. The fourth-order valence-corrected chi connectivity index (χ4v) is 5.62. The van der Waals surface area contributed by atoms with Crippen molar-refractivity contribution in [2.24, 2.45) is 28.6 Å². The molecule has 1 aromatic rings. The lowest BCUT2D eigenvalue weighted by molar-refractivity contribution is -0.00520. The summed E-state index contributed by atoms with van der Waals surface area (Å²) in [5.74, 6) is 2.81. The maximum Gasteiger partial charge on any atom is 0.332 e. The molecule has 5 heteroatoms. The van der Waals surface area contributed by atoms with E-state index in [-0.39, 0.29) is 11.2 Å². The molecule has 4 bridgehead atoms. The number of nitrogens with zero attached hydrogens (tertiary/aromatic N) is 1. The Hall–Kier alpha value is -2.04. The minimum atomic E-state index is -0.710. The molecule has 23 heavy (non-hydrogen) atoms. The van der Waals surface area contributed by atoms with Crippen molar-refractivity contribution >= 4 is 12.2 Å². The molecule has 4 fully saturated rings. The molecule has 0 saturated heterocycles. The van der Waals surface area contributed by atoms with Gasteiger partial charge in [-0.25, -0.2) is 10.2 Å². The number of carbonyl (C=O) groups excluding carboxylic acids is 1. The van der Waals surface area contributed by atoms with Crippen molar-refractivity contribution in [1.82, 2.24) is 5.43 Å². The van der Waals surface area contributed by atoms with Crippen LogP contribution in [0, 0.1) is 17.8 Å². The first kappa shape index (κ1) is 14.5. The van der Waals surface area contributed by atoms with Crippen LogP contribution in [0.4, 0.5) is 4.79 Å². The monoisotopic (exact) mass is 313 g/mol. The molecule has 4 N–H and O–H groups in total. The maximum absolute atomic E-state index is 10.7. The average Bonchev–Trinajstić information content (AvgIpc) is 2.47. The lowest BCUT2D eigenvalue weighted by atomic mass is 9.48. The third kappa shape index (κ3) is 2.58. The number of aromatic hydroxyl groups is 1. The molecule has 4 aliphatic rings. The van der Waals surface area contributed by atoms with Gasteiger partial charge in [-0.2, -0.15) is 5.10 Å². The Morgan fingerprint density at radius 1 is 1.22 bits per heavy atom. The molecule has 4 saturated carbocycles. The van der Waals surface area contributed by atoms with Gasteiger partial charge in [0.15, 0.2) is 0 Å². The van der Waals surface area contributed by atoms with Crippen LogP contribution in [0.5, 0.6) is 5.75 Å². The van der Waals surface area contributed by atoms with Crippen molar-refractivity contribution in [3.63, 3.8) is 0 Å². The molecule has 0 atom stereocenters. The maximum atomic E-state index is 10.7. The van der Waals surface area contributed by atoms with Gasteiger partial charge < -0.3 is 10.8 Å². The standard InChI is InChI=1S/C18H23N3O2/c19-17(23)21-20-10-14-6-15(1-2-16(14)22)18-7-11-3-12(8-18)5-13(4-11)9-18/h1-2,6,10-13,22H,3-5,7-9H2,(H3,19,21,23). The molecule has 0 aromatic heterocycles. The molecule has 4 aliphatic carbocycles. The number of urea groups is 1. The van der Waals surface area contributed by atoms with E-state index >= 15 is 0 Å². The fourth-order valence-electron chi connectivity index (χ4n) is 5.62. The molecule has 5 nitrogen and oxygen atoms in total. The third-order valence-corrected chi connectivity index (χ3v) is 6.06. The highest BCUT2D eigenvalue weighted by molar-refractivity contribution is 5.85. The van der Waals surface area contributed by atoms with E-state index in [1.54, 1.807) is 6.07 Å². The zero-order valence-electron chi connectivity index (χ0n) is 13.2. The Bertz CT molecular complexity index is 633. The number of nitrogens with two attached hydrogens (primary N) is 1. The van der Waals surface area contributed by atoms with Crippen LogP contribution in [0.25, 0.3) is 0 Å². The molecule has 0 unspecified atom stereocenters. The van der Waals surface area contributed by atoms with Crippen LogP contribution < -0.4 is 11.2 Å². The summed E-state index contributed by atoms with van der Waals surface area (Å²) in [6.07, 6.45) is 9.53. The number of hydrogen-bond donors (Lipinski definition) is 3. The second kappa shape index (κ2) is 5.25. The Kier molecular flexibility index (Phi) is 3.32. The van der Waals surface area contributed by atoms with Gasteiger partial charge in [0.05, 0.1) is 6.21 Å². The summed E-state index contributed by atoms with van der Waals surface area (Å²) in [6, 6.07) is 5.15. The van der Waals surface area contributed by atoms with Crippen LogP contribution in [-0.4, -0.2) is 17.4 Å². The van der Waals surface area contributed by atoms with Crippen LogP contribution in [0.1, 0.15) is 49.7 Å². The van der Waals surface area contributed by atoms with E-state index in [1.165, 1.54) is 50.3 Å². The number of carbonyl (C=O) groups is 1. The molecule has 122 valence electrons. The van der Waals surface area contributed by atoms with Gasteiger partial charge in [-0.1, -0.05) is 6.07 Å². The van der Waals surface area contributed by atoms with Gasteiger partial charge in [-0.05, 0) is 79.4 Å². The Labute approximate surface area is 136 Å². The molecule has 0 heterocycles. The summed E-state index contributed by atoms with van der Waals surface area (Å²) in [5, 5.41) is 13.8. The normalized spacial score (nSPS) is 34.9. The molecule has 2 amide bonds. The Morgan fingerprint density at radius 3 is 2.39 bits per heavy atom. The van der Waals surface area contributed by atoms with Crippen LogP contribution in [0.3, 0.4) is 0 Å². The van der Waals surface area contributed by atoms with Gasteiger partial charge in [0.1, 0.15) is 5.75 Å². The van der Waals surface area contributed by atoms with Crippen molar-refractivity contribution in [1.29, 1.82) is 0 Å². The predicted octanol–water partition coefficient (Wildman–Crippen LogP) is 2.86. The summed E-state index contributed by atoms with van der Waals surface area (Å²) in [4.78, 5) is 10.7. The average molecular weight is 313 g/mol. The second-order valence-corrected chi connectivity index (χ2v) is 7.71. The van der Waals surface area contributed by atoms with Gasteiger partial charge in [0.25, 0.3) is 0 Å². The van der Waals surface area contributed by atoms with Crippen molar-refractivity contribution in [2.75, 3.05) is 0 Å². The summed E-state index contributed by atoms with van der Waals surface area (Å²) < 4.78 is 0. The van der Waals surface area contributed by atoms with Gasteiger partial charge in [-0.15, -0.1) is 0 Å². The number of phenols is 1. The van der Waals surface area contributed by atoms with Crippen LogP contribution in [0.15, 0.2) is 23.3 Å². The van der Waals surface area contributed by atoms with Crippen molar-refractivity contribution in [3.05, 3.63) is 29.3 Å². The summed E-state index contributed by atoms with van der Waals surface area (Å²) in [7, 11) is 0. The first-order valence-electron chi connectivity index (χ1n) is 8.46. The van der Waals surface area contributed by atoms with E-state index in [1.807, 2.05) is 6.07 Å². The van der Waals surface area contributed by atoms with Gasteiger partial charge >= 0.3 is 6.03 Å². The van der Waals surface area contributed by atoms with E-state index in [9.17, 15) is 9.90 Å². The lowest BCUT2D eigenvalue weighted by Gasteiger charge is -2.57. The van der Waals surface area contributed by atoms with Gasteiger partial charge in [0.2, 0.25) is 0 Å². The number of hydrogen-bond acceptors (Lipinski definition) is 3. The highest BCUT2D eigenvalue weighted by Crippen LogP contribution is 2.60. The highest BCUT2D eigenvalue weighted by atomic mass is 16.3. The molecule has 0 aliphatic heterocycles. The minimum absolute atomic E-state index is 0.175. The number of nitrogens with one attached hydrogen (secondary N) is 1. The smallest absolute Gasteiger partial charge is 0.332 e. The zero-order valence-corrected chi connectivity index (χ0v) is 13.2. The lowest BCUT2D eigenvalue weighted by Crippen LogP contribution is -2.48. The number of rotatable bonds is 3. The quantitative estimate of drug-likeness (QED) is 0.592. The SMILES string of the molecule is NC(=O)NN=Cc1cc(C23CC4CC(CC(C4)C2)C3)ccc1O. The molecular weight excluding hydrogens is 290 g/mol. The predicted molar refractivity (Wildman–Crippen MR) is 88.3 cm³/mol. The van der Waals surface area contributed by atoms with Crippen molar-refractivity contribution in [3.8, 4) is 5.75 Å². The van der Waals surface area contributed by atoms with E-state index in [0.717, 1.165) is 17.8 Å². The van der Waals surface area contributed by atoms with Crippen molar-refractivity contribution in [2.45, 2.75) is 43.9 Å². The van der Waals surface area contributed by atoms with E-state index in [4.69, 9.17) is 5.73 Å². The largest absolute Gasteiger partial charge is 0.507 e. The van der Waals surface area contributed by atoms with Crippen LogP contribution >= 0.6 is 0 Å². The first-order chi connectivity index (χ1) is 11.0. The van der Waals surface area contributed by atoms with E-state index in [0.29, 0.717) is 5.56 Å². The third-order valence-electron chi connectivity index (χ3n) is 6.06. The molecular formula is C18H23N3O2.